The van der Waals surface area contributed by atoms with Crippen LogP contribution in [0.15, 0.2) is 11.2 Å². The van der Waals surface area contributed by atoms with E-state index >= 15 is 0 Å². The summed E-state index contributed by atoms with van der Waals surface area (Å²) in [6.07, 6.45) is 3.31. The summed E-state index contributed by atoms with van der Waals surface area (Å²) in [5.41, 5.74) is 0. The van der Waals surface area contributed by atoms with E-state index in [-0.39, 0.29) is 17.0 Å². The molecule has 1 aliphatic rings. The predicted octanol–water partition coefficient (Wildman–Crippen LogP) is 0.812. The lowest BCUT2D eigenvalue weighted by Gasteiger charge is -2.16. The molecule has 6 nitrogen and oxygen atoms in total. The first kappa shape index (κ1) is 13.5. The molecule has 2 rings (SSSR count). The lowest BCUT2D eigenvalue weighted by molar-refractivity contribution is 0.0884. The second-order valence-corrected chi connectivity index (χ2v) is 6.29. The van der Waals surface area contributed by atoms with E-state index in [1.54, 1.807) is 6.92 Å². The van der Waals surface area contributed by atoms with Crippen molar-refractivity contribution in [2.24, 2.45) is 5.92 Å². The van der Waals surface area contributed by atoms with Crippen molar-refractivity contribution in [1.29, 1.82) is 0 Å². The van der Waals surface area contributed by atoms with Gasteiger partial charge < -0.3 is 9.72 Å². The van der Waals surface area contributed by atoms with Crippen LogP contribution in [0.1, 0.15) is 25.6 Å². The molecule has 0 bridgehead atoms. The first-order valence-electron chi connectivity index (χ1n) is 6.16. The topological polar surface area (TPSA) is 84.1 Å². The van der Waals surface area contributed by atoms with Crippen molar-refractivity contribution in [1.82, 2.24) is 14.7 Å². The second-order valence-electron chi connectivity index (χ2n) is 4.55. The van der Waals surface area contributed by atoms with Crippen LogP contribution in [0.5, 0.6) is 0 Å². The van der Waals surface area contributed by atoms with Gasteiger partial charge in [-0.15, -0.1) is 0 Å². The molecular formula is C11H19N3O3S. The molecule has 7 heteroatoms. The third kappa shape index (κ3) is 2.90. The van der Waals surface area contributed by atoms with Gasteiger partial charge >= 0.3 is 0 Å². The lowest BCUT2D eigenvalue weighted by Crippen LogP contribution is -2.32. The summed E-state index contributed by atoms with van der Waals surface area (Å²) in [5, 5.41) is 0.118. The van der Waals surface area contributed by atoms with E-state index in [0.717, 1.165) is 12.8 Å². The van der Waals surface area contributed by atoms with Crippen LogP contribution in [0.25, 0.3) is 0 Å². The molecule has 1 aromatic rings. The number of nitrogens with one attached hydrogen (secondary N) is 2. The minimum Gasteiger partial charge on any atom is -0.378 e. The molecule has 0 amide bonds. The molecular weight excluding hydrogens is 254 g/mol. The van der Waals surface area contributed by atoms with Gasteiger partial charge in [0.15, 0.2) is 5.03 Å². The average Bonchev–Trinajstić information content (AvgIpc) is 2.94. The van der Waals surface area contributed by atoms with Gasteiger partial charge in [-0.1, -0.05) is 6.92 Å². The van der Waals surface area contributed by atoms with Crippen LogP contribution in [-0.4, -0.2) is 37.6 Å². The molecule has 1 aromatic heterocycles. The Bertz CT molecular complexity index is 497. The number of imidazole rings is 1. The van der Waals surface area contributed by atoms with E-state index < -0.39 is 10.0 Å². The van der Waals surface area contributed by atoms with Gasteiger partial charge in [0.05, 0.1) is 12.3 Å². The van der Waals surface area contributed by atoms with Crippen molar-refractivity contribution in [2.45, 2.75) is 37.8 Å². The molecule has 0 spiro atoms. The van der Waals surface area contributed by atoms with E-state index in [1.807, 2.05) is 0 Å². The highest BCUT2D eigenvalue weighted by Gasteiger charge is 2.28. The third-order valence-corrected chi connectivity index (χ3v) is 4.59. The molecule has 2 unspecified atom stereocenters. The van der Waals surface area contributed by atoms with Crippen LogP contribution in [0.3, 0.4) is 0 Å². The van der Waals surface area contributed by atoms with E-state index in [9.17, 15) is 8.42 Å². The summed E-state index contributed by atoms with van der Waals surface area (Å²) >= 11 is 0. The zero-order chi connectivity index (χ0) is 13.2. The maximum absolute atomic E-state index is 12.0. The van der Waals surface area contributed by atoms with Crippen LogP contribution in [-0.2, 0) is 14.8 Å². The third-order valence-electron chi connectivity index (χ3n) is 3.25. The first-order valence-corrected chi connectivity index (χ1v) is 7.64. The number of aromatic nitrogens is 2. The maximum atomic E-state index is 12.0. The quantitative estimate of drug-likeness (QED) is 0.831. The van der Waals surface area contributed by atoms with E-state index in [4.69, 9.17) is 4.74 Å². The Morgan fingerprint density at radius 3 is 3.00 bits per heavy atom. The number of ether oxygens (including phenoxy) is 1. The second kappa shape index (κ2) is 5.38. The van der Waals surface area contributed by atoms with Crippen molar-refractivity contribution in [3.63, 3.8) is 0 Å². The zero-order valence-electron chi connectivity index (χ0n) is 10.6. The monoisotopic (exact) mass is 273 g/mol. The van der Waals surface area contributed by atoms with Crippen molar-refractivity contribution >= 4 is 10.0 Å². The van der Waals surface area contributed by atoms with Crippen molar-refractivity contribution in [2.75, 3.05) is 13.2 Å². The Hall–Kier alpha value is -0.920. The molecule has 1 aliphatic heterocycles. The number of aryl methyl sites for hydroxylation is 1. The van der Waals surface area contributed by atoms with E-state index in [0.29, 0.717) is 19.0 Å². The first-order chi connectivity index (χ1) is 8.53. The summed E-state index contributed by atoms with van der Waals surface area (Å²) in [4.78, 5) is 6.62. The summed E-state index contributed by atoms with van der Waals surface area (Å²) < 4.78 is 32.1. The number of sulfonamides is 1. The summed E-state index contributed by atoms with van der Waals surface area (Å²) in [5.74, 6) is 0.847. The standard InChI is InChI=1S/C11H19N3O3S/c1-3-10-9(4-5-17-10)6-13-18(15,16)11-7-12-8(2)14-11/h7,9-10,13H,3-6H2,1-2H3,(H,12,14). The van der Waals surface area contributed by atoms with Gasteiger partial charge in [-0.2, -0.15) is 0 Å². The normalized spacial score (nSPS) is 24.6. The number of H-pyrrole nitrogens is 1. The molecule has 2 N–H and O–H groups in total. The number of hydrogen-bond acceptors (Lipinski definition) is 4. The Kier molecular flexibility index (Phi) is 4.04. The molecule has 0 aromatic carbocycles. The zero-order valence-corrected chi connectivity index (χ0v) is 11.5. The van der Waals surface area contributed by atoms with Gasteiger partial charge in [-0.25, -0.2) is 18.1 Å². The largest absolute Gasteiger partial charge is 0.378 e. The lowest BCUT2D eigenvalue weighted by atomic mass is 10.0. The number of hydrogen-bond donors (Lipinski definition) is 2. The fourth-order valence-corrected chi connectivity index (χ4v) is 3.27. The minimum atomic E-state index is -3.48. The molecule has 18 heavy (non-hydrogen) atoms. The highest BCUT2D eigenvalue weighted by Crippen LogP contribution is 2.23. The van der Waals surface area contributed by atoms with E-state index in [2.05, 4.69) is 21.6 Å². The number of rotatable bonds is 5. The van der Waals surface area contributed by atoms with Crippen molar-refractivity contribution < 1.29 is 13.2 Å². The van der Waals surface area contributed by atoms with Gasteiger partial charge in [-0.05, 0) is 19.8 Å². The Balaban J connectivity index is 1.97. The molecule has 1 saturated heterocycles. The fraction of sp³-hybridized carbons (Fsp3) is 0.727. The summed E-state index contributed by atoms with van der Waals surface area (Å²) in [7, 11) is -3.48. The fourth-order valence-electron chi connectivity index (χ4n) is 2.21. The SMILES string of the molecule is CCC1OCCC1CNS(=O)(=O)c1cnc(C)[nH]1. The smallest absolute Gasteiger partial charge is 0.257 e. The molecule has 1 fully saturated rings. The van der Waals surface area contributed by atoms with Crippen molar-refractivity contribution in [3.05, 3.63) is 12.0 Å². The van der Waals surface area contributed by atoms with Crippen LogP contribution in [0, 0.1) is 12.8 Å². The average molecular weight is 273 g/mol. The minimum absolute atomic E-state index is 0.118. The maximum Gasteiger partial charge on any atom is 0.257 e. The Labute approximate surface area is 107 Å². The van der Waals surface area contributed by atoms with Gasteiger partial charge in [0.1, 0.15) is 5.82 Å². The Morgan fingerprint density at radius 1 is 1.61 bits per heavy atom. The number of nitrogens with zero attached hydrogens (tertiary/aromatic N) is 1. The van der Waals surface area contributed by atoms with Gasteiger partial charge in [-0.3, -0.25) is 0 Å². The van der Waals surface area contributed by atoms with Crippen LogP contribution >= 0.6 is 0 Å². The summed E-state index contributed by atoms with van der Waals surface area (Å²) in [6.45, 7) is 4.90. The predicted molar refractivity (Wildman–Crippen MR) is 66.7 cm³/mol. The highest BCUT2D eigenvalue weighted by molar-refractivity contribution is 7.89. The molecule has 0 radical (unpaired) electrons. The van der Waals surface area contributed by atoms with Gasteiger partial charge in [0.25, 0.3) is 10.0 Å². The Morgan fingerprint density at radius 2 is 2.39 bits per heavy atom. The van der Waals surface area contributed by atoms with Crippen LogP contribution in [0.4, 0.5) is 0 Å². The van der Waals surface area contributed by atoms with Gasteiger partial charge in [0.2, 0.25) is 0 Å². The highest BCUT2D eigenvalue weighted by atomic mass is 32.2. The van der Waals surface area contributed by atoms with Gasteiger partial charge in [0, 0.05) is 19.1 Å². The molecule has 2 heterocycles. The van der Waals surface area contributed by atoms with Crippen LogP contribution in [0.2, 0.25) is 0 Å². The van der Waals surface area contributed by atoms with Crippen molar-refractivity contribution in [3.8, 4) is 0 Å². The summed E-state index contributed by atoms with van der Waals surface area (Å²) in [6, 6.07) is 0. The number of aromatic amines is 1. The van der Waals surface area contributed by atoms with Crippen LogP contribution < -0.4 is 4.72 Å². The molecule has 102 valence electrons. The van der Waals surface area contributed by atoms with E-state index in [1.165, 1.54) is 6.20 Å². The molecule has 0 saturated carbocycles. The molecule has 2 atom stereocenters. The molecule has 0 aliphatic carbocycles.